The number of H-pyrrole nitrogens is 1. The summed E-state index contributed by atoms with van der Waals surface area (Å²) < 4.78 is 0. The SMILES string of the molecule is CC(c1ccccc1)c1cc2c(N/N=C/c3c(C4CC4)[nH]c4ccccc34)ncnc2s1. The van der Waals surface area contributed by atoms with Crippen molar-refractivity contribution in [1.82, 2.24) is 15.0 Å². The molecule has 1 saturated carbocycles. The lowest BCUT2D eigenvalue weighted by Gasteiger charge is -2.08. The van der Waals surface area contributed by atoms with Gasteiger partial charge in [0.1, 0.15) is 11.2 Å². The predicted molar refractivity (Wildman–Crippen MR) is 133 cm³/mol. The Labute approximate surface area is 190 Å². The van der Waals surface area contributed by atoms with Gasteiger partial charge in [0.25, 0.3) is 0 Å². The van der Waals surface area contributed by atoms with Crippen LogP contribution in [-0.4, -0.2) is 21.2 Å². The smallest absolute Gasteiger partial charge is 0.158 e. The third kappa shape index (κ3) is 3.46. The molecule has 6 heteroatoms. The molecule has 0 spiro atoms. The Bertz CT molecular complexity index is 1430. The second-order valence-corrected chi connectivity index (χ2v) is 9.43. The number of benzene rings is 2. The van der Waals surface area contributed by atoms with E-state index >= 15 is 0 Å². The summed E-state index contributed by atoms with van der Waals surface area (Å²) in [4.78, 5) is 14.8. The molecule has 1 unspecified atom stereocenters. The van der Waals surface area contributed by atoms with Crippen LogP contribution in [0.15, 0.2) is 72.1 Å². The van der Waals surface area contributed by atoms with Crippen LogP contribution in [0.3, 0.4) is 0 Å². The first-order valence-electron chi connectivity index (χ1n) is 11.0. The number of thiophene rings is 1. The Morgan fingerprint density at radius 3 is 2.72 bits per heavy atom. The molecule has 0 aliphatic heterocycles. The molecular formula is C26H23N5S. The van der Waals surface area contributed by atoms with E-state index in [4.69, 9.17) is 0 Å². The van der Waals surface area contributed by atoms with Crippen LogP contribution in [0.25, 0.3) is 21.1 Å². The van der Waals surface area contributed by atoms with Crippen LogP contribution in [0.2, 0.25) is 0 Å². The average Bonchev–Trinajstić information content (AvgIpc) is 3.48. The van der Waals surface area contributed by atoms with Crippen LogP contribution >= 0.6 is 11.3 Å². The van der Waals surface area contributed by atoms with Gasteiger partial charge in [-0.3, -0.25) is 5.43 Å². The highest BCUT2D eigenvalue weighted by atomic mass is 32.1. The summed E-state index contributed by atoms with van der Waals surface area (Å²) in [6.07, 6.45) is 6.02. The van der Waals surface area contributed by atoms with E-state index in [0.717, 1.165) is 21.6 Å². The van der Waals surface area contributed by atoms with E-state index < -0.39 is 0 Å². The minimum atomic E-state index is 0.305. The second kappa shape index (κ2) is 7.88. The Balaban J connectivity index is 1.31. The number of anilines is 1. The van der Waals surface area contributed by atoms with Crippen molar-refractivity contribution in [2.75, 3.05) is 5.43 Å². The van der Waals surface area contributed by atoms with Gasteiger partial charge in [0.2, 0.25) is 0 Å². The number of aromatic amines is 1. The number of hydrazone groups is 1. The van der Waals surface area contributed by atoms with Gasteiger partial charge in [-0.05, 0) is 36.5 Å². The van der Waals surface area contributed by atoms with Crippen LogP contribution in [0.1, 0.15) is 53.3 Å². The van der Waals surface area contributed by atoms with E-state index in [9.17, 15) is 0 Å². The molecule has 0 saturated heterocycles. The summed E-state index contributed by atoms with van der Waals surface area (Å²) in [6.45, 7) is 2.23. The summed E-state index contributed by atoms with van der Waals surface area (Å²) in [5, 5.41) is 6.81. The van der Waals surface area contributed by atoms with E-state index in [0.29, 0.717) is 11.8 Å². The predicted octanol–water partition coefficient (Wildman–Crippen LogP) is 6.65. The number of nitrogens with zero attached hydrogens (tertiary/aromatic N) is 3. The van der Waals surface area contributed by atoms with E-state index in [1.54, 1.807) is 17.7 Å². The van der Waals surface area contributed by atoms with Crippen LogP contribution in [0.4, 0.5) is 5.82 Å². The summed E-state index contributed by atoms with van der Waals surface area (Å²) in [6, 6.07) is 21.2. The number of para-hydroxylation sites is 1. The molecule has 6 rings (SSSR count). The first-order valence-corrected chi connectivity index (χ1v) is 11.8. The highest BCUT2D eigenvalue weighted by Gasteiger charge is 2.28. The average molecular weight is 438 g/mol. The molecule has 2 N–H and O–H groups in total. The highest BCUT2D eigenvalue weighted by Crippen LogP contribution is 2.42. The van der Waals surface area contributed by atoms with E-state index in [-0.39, 0.29) is 0 Å². The maximum Gasteiger partial charge on any atom is 0.158 e. The maximum atomic E-state index is 4.59. The van der Waals surface area contributed by atoms with E-state index in [2.05, 4.69) is 93.1 Å². The quantitative estimate of drug-likeness (QED) is 0.231. The van der Waals surface area contributed by atoms with Crippen molar-refractivity contribution in [1.29, 1.82) is 0 Å². The molecule has 0 radical (unpaired) electrons. The number of nitrogens with one attached hydrogen (secondary N) is 2. The zero-order valence-electron chi connectivity index (χ0n) is 17.7. The van der Waals surface area contributed by atoms with Crippen molar-refractivity contribution in [2.24, 2.45) is 5.10 Å². The number of hydrogen-bond acceptors (Lipinski definition) is 5. The lowest BCUT2D eigenvalue weighted by molar-refractivity contribution is 0.949. The molecule has 0 amide bonds. The molecule has 1 aliphatic carbocycles. The molecule has 3 heterocycles. The van der Waals surface area contributed by atoms with Gasteiger partial charge in [0.05, 0.1) is 11.6 Å². The molecular weight excluding hydrogens is 414 g/mol. The van der Waals surface area contributed by atoms with Crippen molar-refractivity contribution in [3.63, 3.8) is 0 Å². The minimum Gasteiger partial charge on any atom is -0.358 e. The first kappa shape index (κ1) is 19.2. The van der Waals surface area contributed by atoms with Crippen molar-refractivity contribution < 1.29 is 0 Å². The lowest BCUT2D eigenvalue weighted by atomic mass is 9.99. The molecule has 3 aromatic heterocycles. The topological polar surface area (TPSA) is 66.0 Å². The molecule has 158 valence electrons. The third-order valence-electron chi connectivity index (χ3n) is 6.20. The van der Waals surface area contributed by atoms with Gasteiger partial charge >= 0.3 is 0 Å². The number of hydrogen-bond donors (Lipinski definition) is 2. The van der Waals surface area contributed by atoms with Gasteiger partial charge in [-0.25, -0.2) is 9.97 Å². The van der Waals surface area contributed by atoms with Crippen LogP contribution in [-0.2, 0) is 0 Å². The van der Waals surface area contributed by atoms with Crippen LogP contribution in [0, 0.1) is 0 Å². The van der Waals surface area contributed by atoms with Gasteiger partial charge in [-0.2, -0.15) is 5.10 Å². The van der Waals surface area contributed by atoms with Crippen molar-refractivity contribution in [3.8, 4) is 0 Å². The summed E-state index contributed by atoms with van der Waals surface area (Å²) in [7, 11) is 0. The summed E-state index contributed by atoms with van der Waals surface area (Å²) in [5.74, 6) is 1.66. The first-order chi connectivity index (χ1) is 15.8. The fourth-order valence-electron chi connectivity index (χ4n) is 4.26. The Morgan fingerprint density at radius 1 is 1.06 bits per heavy atom. The monoisotopic (exact) mass is 437 g/mol. The number of aromatic nitrogens is 3. The van der Waals surface area contributed by atoms with Crippen LogP contribution < -0.4 is 5.43 Å². The molecule has 1 aliphatic rings. The third-order valence-corrected chi connectivity index (χ3v) is 7.43. The number of fused-ring (bicyclic) bond motifs is 2. The minimum absolute atomic E-state index is 0.305. The van der Waals surface area contributed by atoms with E-state index in [1.165, 1.54) is 39.9 Å². The Hall–Kier alpha value is -3.51. The molecule has 0 bridgehead atoms. The fourth-order valence-corrected chi connectivity index (χ4v) is 5.34. The zero-order chi connectivity index (χ0) is 21.5. The largest absolute Gasteiger partial charge is 0.358 e. The molecule has 1 fully saturated rings. The van der Waals surface area contributed by atoms with Crippen molar-refractivity contribution in [2.45, 2.75) is 31.6 Å². The molecule has 5 aromatic rings. The van der Waals surface area contributed by atoms with Gasteiger partial charge in [0.15, 0.2) is 5.82 Å². The molecule has 1 atom stereocenters. The number of rotatable bonds is 6. The van der Waals surface area contributed by atoms with Gasteiger partial charge in [-0.15, -0.1) is 11.3 Å². The van der Waals surface area contributed by atoms with Gasteiger partial charge in [-0.1, -0.05) is 55.5 Å². The summed E-state index contributed by atoms with van der Waals surface area (Å²) >= 11 is 1.71. The fraction of sp³-hybridized carbons (Fsp3) is 0.192. The maximum absolute atomic E-state index is 4.59. The van der Waals surface area contributed by atoms with Crippen LogP contribution in [0.5, 0.6) is 0 Å². The van der Waals surface area contributed by atoms with Crippen molar-refractivity contribution in [3.05, 3.63) is 88.7 Å². The summed E-state index contributed by atoms with van der Waals surface area (Å²) in [5.41, 5.74) is 8.10. The zero-order valence-corrected chi connectivity index (χ0v) is 18.6. The van der Waals surface area contributed by atoms with E-state index in [1.807, 2.05) is 6.21 Å². The second-order valence-electron chi connectivity index (χ2n) is 8.36. The lowest BCUT2D eigenvalue weighted by Crippen LogP contribution is -1.96. The Kier molecular flexibility index (Phi) is 4.72. The highest BCUT2D eigenvalue weighted by molar-refractivity contribution is 7.18. The van der Waals surface area contributed by atoms with Crippen molar-refractivity contribution >= 4 is 44.5 Å². The molecule has 2 aromatic carbocycles. The Morgan fingerprint density at radius 2 is 1.88 bits per heavy atom. The van der Waals surface area contributed by atoms with Gasteiger partial charge in [0, 0.05) is 33.0 Å². The molecule has 5 nitrogen and oxygen atoms in total. The molecule has 32 heavy (non-hydrogen) atoms. The standard InChI is InChI=1S/C26H23N5S/c1-16(17-7-3-2-4-8-17)23-13-20-25(27-15-28-26(20)32-23)31-29-14-21-19-9-5-6-10-22(19)30-24(21)18-11-12-18/h2-10,13-16,18,30H,11-12H2,1H3,(H,27,28,31)/b29-14+. The normalized spacial score (nSPS) is 15.0. The van der Waals surface area contributed by atoms with Gasteiger partial charge < -0.3 is 4.98 Å².